The number of hydrogen-bond acceptors (Lipinski definition) is 5. The first-order valence-corrected chi connectivity index (χ1v) is 6.56. The maximum atomic E-state index is 12.7. The number of aryl methyl sites for hydroxylation is 1. The number of halogens is 3. The summed E-state index contributed by atoms with van der Waals surface area (Å²) in [5.41, 5.74) is -0.0662. The van der Waals surface area contributed by atoms with Gasteiger partial charge in [-0.2, -0.15) is 18.3 Å². The van der Waals surface area contributed by atoms with Gasteiger partial charge in [0.2, 0.25) is 0 Å². The quantitative estimate of drug-likeness (QED) is 0.802. The number of fused-ring (bicyclic) bond motifs is 1. The van der Waals surface area contributed by atoms with Gasteiger partial charge >= 0.3 is 6.18 Å². The highest BCUT2D eigenvalue weighted by molar-refractivity contribution is 5.67. The molecule has 0 aliphatic rings. The Morgan fingerprint density at radius 1 is 1.36 bits per heavy atom. The van der Waals surface area contributed by atoms with Crippen molar-refractivity contribution in [3.63, 3.8) is 0 Å². The maximum Gasteiger partial charge on any atom is 0.435 e. The molecule has 116 valence electrons. The van der Waals surface area contributed by atoms with E-state index >= 15 is 0 Å². The number of hydrogen-bond donors (Lipinski definition) is 1. The molecule has 0 aliphatic heterocycles. The summed E-state index contributed by atoms with van der Waals surface area (Å²) in [6, 6.07) is 0.954. The molecule has 22 heavy (non-hydrogen) atoms. The molecule has 6 nitrogen and oxygen atoms in total. The van der Waals surface area contributed by atoms with Gasteiger partial charge in [0.1, 0.15) is 11.8 Å². The molecule has 0 amide bonds. The van der Waals surface area contributed by atoms with Gasteiger partial charge in [-0.1, -0.05) is 6.92 Å². The van der Waals surface area contributed by atoms with Crippen molar-refractivity contribution in [3.05, 3.63) is 42.0 Å². The Morgan fingerprint density at radius 3 is 2.86 bits per heavy atom. The lowest BCUT2D eigenvalue weighted by molar-refractivity contribution is -0.141. The van der Waals surface area contributed by atoms with E-state index in [-0.39, 0.29) is 5.52 Å². The average molecular weight is 311 g/mol. The summed E-state index contributed by atoms with van der Waals surface area (Å²) in [6.45, 7) is 2.21. The zero-order valence-corrected chi connectivity index (χ0v) is 11.6. The van der Waals surface area contributed by atoms with Gasteiger partial charge in [-0.25, -0.2) is 14.5 Å². The van der Waals surface area contributed by atoms with Crippen LogP contribution in [-0.2, 0) is 19.1 Å². The van der Waals surface area contributed by atoms with E-state index < -0.39 is 11.9 Å². The molecule has 0 unspecified atom stereocenters. The molecule has 9 heteroatoms. The highest BCUT2D eigenvalue weighted by Gasteiger charge is 2.34. The van der Waals surface area contributed by atoms with E-state index in [0.717, 1.165) is 10.6 Å². The fraction of sp³-hybridized carbons (Fsp3) is 0.308. The molecule has 0 bridgehead atoms. The van der Waals surface area contributed by atoms with E-state index in [1.807, 2.05) is 6.92 Å². The zero-order chi connectivity index (χ0) is 15.7. The highest BCUT2D eigenvalue weighted by atomic mass is 19.4. The predicted octanol–water partition coefficient (Wildman–Crippen LogP) is 2.91. The van der Waals surface area contributed by atoms with Gasteiger partial charge in [0.05, 0.1) is 12.2 Å². The molecular weight excluding hydrogens is 299 g/mol. The van der Waals surface area contributed by atoms with Crippen LogP contribution in [0.5, 0.6) is 0 Å². The van der Waals surface area contributed by atoms with Crippen molar-refractivity contribution in [1.82, 2.24) is 19.6 Å². The second kappa shape index (κ2) is 5.32. The summed E-state index contributed by atoms with van der Waals surface area (Å²) in [6.07, 6.45) is 0.421. The van der Waals surface area contributed by atoms with Crippen LogP contribution in [0.1, 0.15) is 24.2 Å². The Balaban J connectivity index is 1.85. The molecule has 1 N–H and O–H groups in total. The number of aromatic nitrogens is 4. The molecule has 3 rings (SSSR count). The molecule has 0 spiro atoms. The standard InChI is InChI=1S/C13H12F3N5O/c1-2-11-19-8(7-22-11)6-18-12-9-5-10(13(14,15)16)20-21(9)4-3-17-12/h3-5,7H,2,6H2,1H3,(H,17,18). The first-order valence-electron chi connectivity index (χ1n) is 6.56. The minimum absolute atomic E-state index is 0.244. The monoisotopic (exact) mass is 311 g/mol. The minimum atomic E-state index is -4.49. The van der Waals surface area contributed by atoms with E-state index in [4.69, 9.17) is 4.42 Å². The highest BCUT2D eigenvalue weighted by Crippen LogP contribution is 2.30. The minimum Gasteiger partial charge on any atom is -0.449 e. The van der Waals surface area contributed by atoms with Crippen molar-refractivity contribution < 1.29 is 17.6 Å². The molecular formula is C13H12F3N5O. The van der Waals surface area contributed by atoms with Crippen LogP contribution in [0.25, 0.3) is 5.52 Å². The largest absolute Gasteiger partial charge is 0.449 e. The molecule has 0 radical (unpaired) electrons. The first kappa shape index (κ1) is 14.4. The van der Waals surface area contributed by atoms with Crippen molar-refractivity contribution in [2.75, 3.05) is 5.32 Å². The first-order chi connectivity index (χ1) is 10.5. The lowest BCUT2D eigenvalue weighted by atomic mass is 10.3. The van der Waals surface area contributed by atoms with E-state index in [0.29, 0.717) is 30.4 Å². The van der Waals surface area contributed by atoms with Crippen molar-refractivity contribution >= 4 is 11.3 Å². The average Bonchev–Trinajstić information content (AvgIpc) is 3.11. The van der Waals surface area contributed by atoms with Crippen LogP contribution >= 0.6 is 0 Å². The van der Waals surface area contributed by atoms with Crippen LogP contribution in [0.2, 0.25) is 0 Å². The molecule has 3 heterocycles. The second-order valence-corrected chi connectivity index (χ2v) is 4.57. The molecule has 0 fully saturated rings. The maximum absolute atomic E-state index is 12.7. The molecule has 3 aromatic rings. The summed E-state index contributed by atoms with van der Waals surface area (Å²) >= 11 is 0. The van der Waals surface area contributed by atoms with E-state index in [1.54, 1.807) is 0 Å². The second-order valence-electron chi connectivity index (χ2n) is 4.57. The number of rotatable bonds is 4. The van der Waals surface area contributed by atoms with Gasteiger partial charge in [-0.05, 0) is 0 Å². The Hall–Kier alpha value is -2.58. The van der Waals surface area contributed by atoms with Crippen LogP contribution in [0.3, 0.4) is 0 Å². The van der Waals surface area contributed by atoms with Gasteiger partial charge < -0.3 is 9.73 Å². The van der Waals surface area contributed by atoms with E-state index in [1.165, 1.54) is 18.7 Å². The van der Waals surface area contributed by atoms with Crippen LogP contribution in [0.4, 0.5) is 19.0 Å². The van der Waals surface area contributed by atoms with Crippen LogP contribution in [0, 0.1) is 0 Å². The van der Waals surface area contributed by atoms with E-state index in [2.05, 4.69) is 20.4 Å². The molecule has 0 saturated carbocycles. The number of nitrogens with zero attached hydrogens (tertiary/aromatic N) is 4. The van der Waals surface area contributed by atoms with E-state index in [9.17, 15) is 13.2 Å². The third kappa shape index (κ3) is 2.74. The topological polar surface area (TPSA) is 68.2 Å². The van der Waals surface area contributed by atoms with Gasteiger partial charge in [-0.3, -0.25) is 0 Å². The summed E-state index contributed by atoms with van der Waals surface area (Å²) in [7, 11) is 0. The smallest absolute Gasteiger partial charge is 0.435 e. The Kier molecular flexibility index (Phi) is 3.47. The summed E-state index contributed by atoms with van der Waals surface area (Å²) < 4.78 is 44.5. The fourth-order valence-corrected chi connectivity index (χ4v) is 1.96. The molecule has 0 atom stereocenters. The van der Waals surface area contributed by atoms with Crippen LogP contribution < -0.4 is 5.32 Å². The SMILES string of the molecule is CCc1nc(CNc2nccn3nc(C(F)(F)F)cc23)co1. The number of alkyl halides is 3. The Labute approximate surface area is 123 Å². The number of nitrogens with one attached hydrogen (secondary N) is 1. The third-order valence-corrected chi connectivity index (χ3v) is 3.02. The van der Waals surface area contributed by atoms with Crippen molar-refractivity contribution in [2.45, 2.75) is 26.1 Å². The van der Waals surface area contributed by atoms with Gasteiger partial charge in [0.25, 0.3) is 0 Å². The van der Waals surface area contributed by atoms with Crippen molar-refractivity contribution in [3.8, 4) is 0 Å². The van der Waals surface area contributed by atoms with Crippen LogP contribution in [0.15, 0.2) is 29.1 Å². The molecule has 0 saturated heterocycles. The van der Waals surface area contributed by atoms with Gasteiger partial charge in [0, 0.05) is 24.9 Å². The van der Waals surface area contributed by atoms with Gasteiger partial charge in [-0.15, -0.1) is 0 Å². The lowest BCUT2D eigenvalue weighted by Gasteiger charge is -2.04. The fourth-order valence-electron chi connectivity index (χ4n) is 1.96. The Bertz CT molecular complexity index is 792. The summed E-state index contributed by atoms with van der Waals surface area (Å²) in [4.78, 5) is 8.26. The molecule has 0 aromatic carbocycles. The Morgan fingerprint density at radius 2 is 2.18 bits per heavy atom. The van der Waals surface area contributed by atoms with Crippen molar-refractivity contribution in [2.24, 2.45) is 0 Å². The van der Waals surface area contributed by atoms with Gasteiger partial charge in [0.15, 0.2) is 17.4 Å². The lowest BCUT2D eigenvalue weighted by Crippen LogP contribution is -2.05. The number of oxazole rings is 1. The molecule has 0 aliphatic carbocycles. The summed E-state index contributed by atoms with van der Waals surface area (Å²) in [5, 5.41) is 6.44. The number of anilines is 1. The van der Waals surface area contributed by atoms with Crippen molar-refractivity contribution in [1.29, 1.82) is 0 Å². The summed E-state index contributed by atoms with van der Waals surface area (Å²) in [5.74, 6) is 0.901. The zero-order valence-electron chi connectivity index (χ0n) is 11.6. The molecule has 3 aromatic heterocycles. The predicted molar refractivity (Wildman–Crippen MR) is 71.2 cm³/mol. The van der Waals surface area contributed by atoms with Crippen LogP contribution in [-0.4, -0.2) is 19.6 Å². The normalized spacial score (nSPS) is 12.0. The third-order valence-electron chi connectivity index (χ3n) is 3.02.